The highest BCUT2D eigenvalue weighted by atomic mass is 19.1. The smallest absolute Gasteiger partial charge is 0.194 e. The summed E-state index contributed by atoms with van der Waals surface area (Å²) in [5.41, 5.74) is 1.82. The molecule has 0 fully saturated rings. The summed E-state index contributed by atoms with van der Waals surface area (Å²) in [5, 5.41) is 7.25. The van der Waals surface area contributed by atoms with E-state index in [4.69, 9.17) is 4.52 Å². The minimum Gasteiger partial charge on any atom is -0.359 e. The number of hydrogen-bond acceptors (Lipinski definition) is 3. The molecule has 0 radical (unpaired) electrons. The van der Waals surface area contributed by atoms with Gasteiger partial charge in [0.25, 0.3) is 0 Å². The number of aromatic nitrogens is 1. The molecule has 1 heterocycles. The molecule has 0 bridgehead atoms. The lowest BCUT2D eigenvalue weighted by Crippen LogP contribution is -2.38. The van der Waals surface area contributed by atoms with Crippen LogP contribution in [0, 0.1) is 5.82 Å². The third-order valence-electron chi connectivity index (χ3n) is 3.47. The molecular formula is C17H23FN4O. The SMILES string of the molecule is CN=C(NCc1cc(C(C)C)no1)N(C)Cc1cccc(F)c1. The molecule has 0 aliphatic heterocycles. The molecule has 1 aromatic heterocycles. The van der Waals surface area contributed by atoms with E-state index >= 15 is 0 Å². The lowest BCUT2D eigenvalue weighted by molar-refractivity contribution is 0.368. The first-order chi connectivity index (χ1) is 11.0. The van der Waals surface area contributed by atoms with Crippen molar-refractivity contribution < 1.29 is 8.91 Å². The molecule has 2 rings (SSSR count). The normalized spacial score (nSPS) is 11.8. The number of benzene rings is 1. The van der Waals surface area contributed by atoms with E-state index < -0.39 is 0 Å². The van der Waals surface area contributed by atoms with E-state index in [9.17, 15) is 4.39 Å². The van der Waals surface area contributed by atoms with Gasteiger partial charge in [-0.15, -0.1) is 0 Å². The zero-order valence-electron chi connectivity index (χ0n) is 14.0. The van der Waals surface area contributed by atoms with E-state index in [-0.39, 0.29) is 5.82 Å². The third-order valence-corrected chi connectivity index (χ3v) is 3.47. The maximum atomic E-state index is 13.3. The van der Waals surface area contributed by atoms with E-state index in [0.29, 0.717) is 25.0 Å². The Morgan fingerprint density at radius 2 is 2.17 bits per heavy atom. The van der Waals surface area contributed by atoms with Gasteiger partial charge in [-0.25, -0.2) is 4.39 Å². The molecular weight excluding hydrogens is 295 g/mol. The molecule has 0 atom stereocenters. The average Bonchev–Trinajstić information content (AvgIpc) is 2.97. The van der Waals surface area contributed by atoms with Gasteiger partial charge >= 0.3 is 0 Å². The van der Waals surface area contributed by atoms with Gasteiger partial charge in [0, 0.05) is 26.7 Å². The Balaban J connectivity index is 1.93. The van der Waals surface area contributed by atoms with Crippen molar-refractivity contribution in [3.63, 3.8) is 0 Å². The molecule has 1 aromatic carbocycles. The van der Waals surface area contributed by atoms with Crippen LogP contribution in [0.4, 0.5) is 4.39 Å². The van der Waals surface area contributed by atoms with Crippen molar-refractivity contribution in [2.45, 2.75) is 32.9 Å². The highest BCUT2D eigenvalue weighted by Crippen LogP contribution is 2.14. The molecule has 23 heavy (non-hydrogen) atoms. The Hall–Kier alpha value is -2.37. The van der Waals surface area contributed by atoms with E-state index in [2.05, 4.69) is 29.3 Å². The number of hydrogen-bond donors (Lipinski definition) is 1. The monoisotopic (exact) mass is 318 g/mol. The van der Waals surface area contributed by atoms with Crippen LogP contribution in [0.15, 0.2) is 39.8 Å². The first-order valence-corrected chi connectivity index (χ1v) is 7.61. The lowest BCUT2D eigenvalue weighted by Gasteiger charge is -2.21. The van der Waals surface area contributed by atoms with Crippen LogP contribution in [-0.4, -0.2) is 30.1 Å². The van der Waals surface area contributed by atoms with E-state index in [0.717, 1.165) is 17.0 Å². The van der Waals surface area contributed by atoms with E-state index in [1.165, 1.54) is 12.1 Å². The molecule has 0 aliphatic carbocycles. The first-order valence-electron chi connectivity index (χ1n) is 7.61. The van der Waals surface area contributed by atoms with Crippen molar-refractivity contribution in [2.75, 3.05) is 14.1 Å². The molecule has 5 nitrogen and oxygen atoms in total. The second-order valence-corrected chi connectivity index (χ2v) is 5.76. The average molecular weight is 318 g/mol. The molecule has 124 valence electrons. The standard InChI is InChI=1S/C17H23FN4O/c1-12(2)16-9-15(23-21-16)10-20-17(19-3)22(4)11-13-6-5-7-14(18)8-13/h5-9,12H,10-11H2,1-4H3,(H,19,20). The van der Waals surface area contributed by atoms with E-state index in [1.807, 2.05) is 24.1 Å². The van der Waals surface area contributed by atoms with Gasteiger partial charge in [0.15, 0.2) is 11.7 Å². The Bertz CT molecular complexity index is 666. The fourth-order valence-electron chi connectivity index (χ4n) is 2.22. The number of halogens is 1. The molecule has 0 saturated heterocycles. The van der Waals surface area contributed by atoms with Crippen molar-refractivity contribution in [1.29, 1.82) is 0 Å². The number of nitrogens with one attached hydrogen (secondary N) is 1. The van der Waals surface area contributed by atoms with E-state index in [1.54, 1.807) is 13.1 Å². The molecule has 2 aromatic rings. The van der Waals surface area contributed by atoms with Crippen molar-refractivity contribution >= 4 is 5.96 Å². The van der Waals surface area contributed by atoms with Gasteiger partial charge in [-0.05, 0) is 23.6 Å². The van der Waals surface area contributed by atoms with Crippen LogP contribution in [0.25, 0.3) is 0 Å². The topological polar surface area (TPSA) is 53.7 Å². The van der Waals surface area contributed by atoms with Crippen LogP contribution < -0.4 is 5.32 Å². The molecule has 0 saturated carbocycles. The number of rotatable bonds is 5. The molecule has 0 amide bonds. The van der Waals surface area contributed by atoms with Gasteiger partial charge in [0.05, 0.1) is 12.2 Å². The highest BCUT2D eigenvalue weighted by molar-refractivity contribution is 5.79. The van der Waals surface area contributed by atoms with Gasteiger partial charge in [0.2, 0.25) is 0 Å². The van der Waals surface area contributed by atoms with Crippen molar-refractivity contribution in [2.24, 2.45) is 4.99 Å². The molecule has 0 aliphatic rings. The molecule has 6 heteroatoms. The minimum absolute atomic E-state index is 0.235. The predicted molar refractivity (Wildman–Crippen MR) is 88.7 cm³/mol. The van der Waals surface area contributed by atoms with Gasteiger partial charge in [-0.2, -0.15) is 0 Å². The van der Waals surface area contributed by atoms with Crippen molar-refractivity contribution in [3.8, 4) is 0 Å². The fraction of sp³-hybridized carbons (Fsp3) is 0.412. The van der Waals surface area contributed by atoms with Crippen LogP contribution in [0.5, 0.6) is 0 Å². The lowest BCUT2D eigenvalue weighted by atomic mass is 10.1. The van der Waals surface area contributed by atoms with Crippen molar-refractivity contribution in [1.82, 2.24) is 15.4 Å². The van der Waals surface area contributed by atoms with Crippen molar-refractivity contribution in [3.05, 3.63) is 53.2 Å². The zero-order chi connectivity index (χ0) is 16.8. The number of guanidine groups is 1. The maximum absolute atomic E-state index is 13.3. The Kier molecular flexibility index (Phi) is 5.73. The van der Waals surface area contributed by atoms with Gasteiger partial charge in [-0.3, -0.25) is 4.99 Å². The quantitative estimate of drug-likeness (QED) is 0.680. The minimum atomic E-state index is -0.235. The number of nitrogens with zero attached hydrogens (tertiary/aromatic N) is 3. The highest BCUT2D eigenvalue weighted by Gasteiger charge is 2.10. The summed E-state index contributed by atoms with van der Waals surface area (Å²) in [5.74, 6) is 1.56. The maximum Gasteiger partial charge on any atom is 0.194 e. The summed E-state index contributed by atoms with van der Waals surface area (Å²) >= 11 is 0. The Labute approximate surface area is 136 Å². The van der Waals surface area contributed by atoms with Gasteiger partial charge in [-0.1, -0.05) is 31.1 Å². The van der Waals surface area contributed by atoms with Crippen LogP contribution in [0.2, 0.25) is 0 Å². The van der Waals surface area contributed by atoms with Gasteiger partial charge < -0.3 is 14.7 Å². The fourth-order valence-corrected chi connectivity index (χ4v) is 2.22. The van der Waals surface area contributed by atoms with Crippen LogP contribution in [0.1, 0.15) is 36.8 Å². The second kappa shape index (κ2) is 7.76. The predicted octanol–water partition coefficient (Wildman–Crippen LogP) is 3.14. The Morgan fingerprint density at radius 3 is 2.78 bits per heavy atom. The largest absolute Gasteiger partial charge is 0.359 e. The summed E-state index contributed by atoms with van der Waals surface area (Å²) in [6.45, 7) is 5.20. The zero-order valence-corrected chi connectivity index (χ0v) is 14.0. The van der Waals surface area contributed by atoms with Crippen LogP contribution >= 0.6 is 0 Å². The first kappa shape index (κ1) is 17.0. The number of aliphatic imine (C=N–C) groups is 1. The molecule has 1 N–H and O–H groups in total. The summed E-state index contributed by atoms with van der Waals surface area (Å²) in [7, 11) is 3.62. The molecule has 0 spiro atoms. The van der Waals surface area contributed by atoms with Crippen LogP contribution in [0.3, 0.4) is 0 Å². The Morgan fingerprint density at radius 1 is 1.39 bits per heavy atom. The summed E-state index contributed by atoms with van der Waals surface area (Å²) in [4.78, 5) is 6.16. The summed E-state index contributed by atoms with van der Waals surface area (Å²) in [6, 6.07) is 8.49. The summed E-state index contributed by atoms with van der Waals surface area (Å²) < 4.78 is 18.6. The second-order valence-electron chi connectivity index (χ2n) is 5.76. The van der Waals surface area contributed by atoms with Crippen LogP contribution in [-0.2, 0) is 13.1 Å². The molecule has 0 unspecified atom stereocenters. The van der Waals surface area contributed by atoms with Gasteiger partial charge in [0.1, 0.15) is 5.82 Å². The summed E-state index contributed by atoms with van der Waals surface area (Å²) in [6.07, 6.45) is 0. The third kappa shape index (κ3) is 4.81.